The second-order valence-electron chi connectivity index (χ2n) is 4.70. The number of carboxylic acid groups (broad SMARTS) is 1. The summed E-state index contributed by atoms with van der Waals surface area (Å²) in [5.74, 6) is -1.78. The summed E-state index contributed by atoms with van der Waals surface area (Å²) in [7, 11) is -2.69. The summed E-state index contributed by atoms with van der Waals surface area (Å²) in [6.45, 7) is 2.85. The third kappa shape index (κ3) is 4.05. The van der Waals surface area contributed by atoms with Gasteiger partial charge in [0.05, 0.1) is 17.6 Å². The number of carboxylic acids is 1. The standard InChI is InChI=1S/C14H19NO6S/c1-4-7-15(9-13(16)17)22(19,20)11-5-6-12(10(2)8-11)14(18)21-3/h5-6,8H,4,7,9H2,1-3H3,(H,16,17). The van der Waals surface area contributed by atoms with E-state index in [2.05, 4.69) is 4.74 Å². The van der Waals surface area contributed by atoms with Crippen molar-refractivity contribution in [2.24, 2.45) is 0 Å². The van der Waals surface area contributed by atoms with Gasteiger partial charge in [0.15, 0.2) is 0 Å². The highest BCUT2D eigenvalue weighted by atomic mass is 32.2. The second kappa shape index (κ2) is 7.37. The number of sulfonamides is 1. The number of ether oxygens (including phenoxy) is 1. The maximum absolute atomic E-state index is 12.5. The Bertz CT molecular complexity index is 668. The smallest absolute Gasteiger partial charge is 0.338 e. The molecule has 0 spiro atoms. The van der Waals surface area contributed by atoms with Gasteiger partial charge in [-0.05, 0) is 37.1 Å². The average molecular weight is 329 g/mol. The van der Waals surface area contributed by atoms with E-state index in [1.54, 1.807) is 13.8 Å². The molecule has 0 bridgehead atoms. The highest BCUT2D eigenvalue weighted by Gasteiger charge is 2.26. The van der Waals surface area contributed by atoms with E-state index in [-0.39, 0.29) is 17.0 Å². The predicted octanol–water partition coefficient (Wildman–Crippen LogP) is 1.27. The first-order valence-corrected chi connectivity index (χ1v) is 8.09. The first-order chi connectivity index (χ1) is 10.2. The molecule has 1 aromatic carbocycles. The van der Waals surface area contributed by atoms with Gasteiger partial charge in [0.2, 0.25) is 10.0 Å². The molecule has 22 heavy (non-hydrogen) atoms. The highest BCUT2D eigenvalue weighted by Crippen LogP contribution is 2.20. The topological polar surface area (TPSA) is 101 Å². The number of aryl methyl sites for hydroxylation is 1. The van der Waals surface area contributed by atoms with E-state index in [1.165, 1.54) is 25.3 Å². The van der Waals surface area contributed by atoms with E-state index in [1.807, 2.05) is 0 Å². The van der Waals surface area contributed by atoms with Crippen LogP contribution in [0.25, 0.3) is 0 Å². The van der Waals surface area contributed by atoms with Crippen LogP contribution in [0.5, 0.6) is 0 Å². The van der Waals surface area contributed by atoms with Crippen LogP contribution in [0, 0.1) is 6.92 Å². The molecule has 0 saturated heterocycles. The van der Waals surface area contributed by atoms with Crippen LogP contribution >= 0.6 is 0 Å². The minimum Gasteiger partial charge on any atom is -0.480 e. The zero-order valence-electron chi connectivity index (χ0n) is 12.7. The summed E-state index contributed by atoms with van der Waals surface area (Å²) in [6.07, 6.45) is 0.492. The fraction of sp³-hybridized carbons (Fsp3) is 0.429. The van der Waals surface area contributed by atoms with Crippen LogP contribution in [-0.4, -0.2) is 50.0 Å². The normalized spacial score (nSPS) is 11.5. The van der Waals surface area contributed by atoms with Crippen LogP contribution in [0.15, 0.2) is 23.1 Å². The van der Waals surface area contributed by atoms with Gasteiger partial charge in [-0.2, -0.15) is 4.31 Å². The average Bonchev–Trinajstić information content (AvgIpc) is 2.45. The third-order valence-corrected chi connectivity index (χ3v) is 4.87. The predicted molar refractivity (Wildman–Crippen MR) is 79.2 cm³/mol. The summed E-state index contributed by atoms with van der Waals surface area (Å²) in [5.41, 5.74) is 0.710. The van der Waals surface area contributed by atoms with Crippen LogP contribution < -0.4 is 0 Å². The van der Waals surface area contributed by atoms with E-state index in [0.29, 0.717) is 12.0 Å². The fourth-order valence-electron chi connectivity index (χ4n) is 1.97. The van der Waals surface area contributed by atoms with Gasteiger partial charge in [-0.1, -0.05) is 6.92 Å². The zero-order valence-corrected chi connectivity index (χ0v) is 13.5. The van der Waals surface area contributed by atoms with Gasteiger partial charge in [0.25, 0.3) is 0 Å². The van der Waals surface area contributed by atoms with E-state index >= 15 is 0 Å². The molecular formula is C14H19NO6S. The Hall–Kier alpha value is -1.93. The number of rotatable bonds is 7. The lowest BCUT2D eigenvalue weighted by Gasteiger charge is -2.20. The van der Waals surface area contributed by atoms with Crippen molar-refractivity contribution >= 4 is 22.0 Å². The number of methoxy groups -OCH3 is 1. The van der Waals surface area contributed by atoms with Gasteiger partial charge in [0.1, 0.15) is 6.54 Å². The Morgan fingerprint density at radius 1 is 1.32 bits per heavy atom. The van der Waals surface area contributed by atoms with Gasteiger partial charge in [-0.25, -0.2) is 13.2 Å². The van der Waals surface area contributed by atoms with Gasteiger partial charge < -0.3 is 9.84 Å². The van der Waals surface area contributed by atoms with Crippen molar-refractivity contribution in [3.8, 4) is 0 Å². The molecular weight excluding hydrogens is 310 g/mol. The van der Waals surface area contributed by atoms with Gasteiger partial charge >= 0.3 is 11.9 Å². The highest BCUT2D eigenvalue weighted by molar-refractivity contribution is 7.89. The minimum atomic E-state index is -3.93. The molecule has 8 heteroatoms. The van der Waals surface area contributed by atoms with Crippen molar-refractivity contribution in [1.29, 1.82) is 0 Å². The van der Waals surface area contributed by atoms with Crippen LogP contribution in [0.4, 0.5) is 0 Å². The van der Waals surface area contributed by atoms with E-state index in [9.17, 15) is 18.0 Å². The molecule has 0 aliphatic heterocycles. The Labute approximate surface area is 129 Å². The number of benzene rings is 1. The molecule has 0 heterocycles. The third-order valence-electron chi connectivity index (χ3n) is 3.03. The van der Waals surface area contributed by atoms with Crippen molar-refractivity contribution in [2.75, 3.05) is 20.2 Å². The first-order valence-electron chi connectivity index (χ1n) is 6.65. The van der Waals surface area contributed by atoms with Crippen LogP contribution in [-0.2, 0) is 19.6 Å². The number of aliphatic carboxylic acids is 1. The molecule has 122 valence electrons. The molecule has 7 nitrogen and oxygen atoms in total. The van der Waals surface area contributed by atoms with Crippen molar-refractivity contribution in [1.82, 2.24) is 4.31 Å². The Morgan fingerprint density at radius 2 is 1.95 bits per heavy atom. The van der Waals surface area contributed by atoms with Gasteiger partial charge in [0, 0.05) is 6.54 Å². The molecule has 0 unspecified atom stereocenters. The van der Waals surface area contributed by atoms with E-state index < -0.39 is 28.5 Å². The Balaban J connectivity index is 3.24. The first kappa shape index (κ1) is 18.1. The lowest BCUT2D eigenvalue weighted by Crippen LogP contribution is -2.36. The second-order valence-corrected chi connectivity index (χ2v) is 6.64. The lowest BCUT2D eigenvalue weighted by atomic mass is 10.1. The molecule has 1 N–H and O–H groups in total. The summed E-state index contributed by atoms with van der Waals surface area (Å²) in [6, 6.07) is 3.98. The van der Waals surface area contributed by atoms with Gasteiger partial charge in [-0.3, -0.25) is 4.79 Å². The molecule has 0 aliphatic rings. The zero-order chi connectivity index (χ0) is 16.9. The SMILES string of the molecule is CCCN(CC(=O)O)S(=O)(=O)c1ccc(C(=O)OC)c(C)c1. The molecule has 0 aliphatic carbocycles. The number of carbonyl (C=O) groups is 2. The number of hydrogen-bond acceptors (Lipinski definition) is 5. The minimum absolute atomic E-state index is 0.0487. The monoisotopic (exact) mass is 329 g/mol. The van der Waals surface area contributed by atoms with Crippen molar-refractivity contribution in [2.45, 2.75) is 25.2 Å². The summed E-state index contributed by atoms with van der Waals surface area (Å²) in [5, 5.41) is 8.86. The summed E-state index contributed by atoms with van der Waals surface area (Å²) in [4.78, 5) is 22.3. The molecule has 0 aromatic heterocycles. The molecule has 0 radical (unpaired) electrons. The summed E-state index contributed by atoms with van der Waals surface area (Å²) < 4.78 is 30.5. The maximum Gasteiger partial charge on any atom is 0.338 e. The van der Waals surface area contributed by atoms with Crippen molar-refractivity contribution in [3.63, 3.8) is 0 Å². The molecule has 1 aromatic rings. The Morgan fingerprint density at radius 3 is 2.41 bits per heavy atom. The fourth-order valence-corrected chi connectivity index (χ4v) is 3.54. The number of nitrogens with zero attached hydrogens (tertiary/aromatic N) is 1. The maximum atomic E-state index is 12.5. The molecule has 0 atom stereocenters. The number of esters is 1. The van der Waals surface area contributed by atoms with Gasteiger partial charge in [-0.15, -0.1) is 0 Å². The number of carbonyl (C=O) groups excluding carboxylic acids is 1. The molecule has 0 saturated carbocycles. The molecule has 0 fully saturated rings. The quantitative estimate of drug-likeness (QED) is 0.756. The van der Waals surface area contributed by atoms with Crippen molar-refractivity contribution < 1.29 is 27.9 Å². The molecule has 0 amide bonds. The van der Waals surface area contributed by atoms with Crippen LogP contribution in [0.1, 0.15) is 29.3 Å². The number of hydrogen-bond donors (Lipinski definition) is 1. The molecule has 1 rings (SSSR count). The van der Waals surface area contributed by atoms with Crippen LogP contribution in [0.3, 0.4) is 0 Å². The van der Waals surface area contributed by atoms with Crippen LogP contribution in [0.2, 0.25) is 0 Å². The van der Waals surface area contributed by atoms with E-state index in [4.69, 9.17) is 5.11 Å². The lowest BCUT2D eigenvalue weighted by molar-refractivity contribution is -0.137. The Kier molecular flexibility index (Phi) is 6.07. The van der Waals surface area contributed by atoms with E-state index in [0.717, 1.165) is 4.31 Å². The largest absolute Gasteiger partial charge is 0.480 e. The summed E-state index contributed by atoms with van der Waals surface area (Å²) >= 11 is 0. The van der Waals surface area contributed by atoms with Crippen molar-refractivity contribution in [3.05, 3.63) is 29.3 Å².